The fourth-order valence-electron chi connectivity index (χ4n) is 2.21. The van der Waals surface area contributed by atoms with Crippen molar-refractivity contribution in [1.29, 1.82) is 0 Å². The molecule has 5 heteroatoms. The van der Waals surface area contributed by atoms with Crippen LogP contribution in [-0.4, -0.2) is 29.1 Å². The second-order valence-electron chi connectivity index (χ2n) is 4.85. The number of halogens is 1. The molecule has 0 saturated carbocycles. The molecular weight excluding hydrogens is 273 g/mol. The monoisotopic (exact) mass is 291 g/mol. The molecule has 0 amide bonds. The van der Waals surface area contributed by atoms with Gasteiger partial charge in [-0.3, -0.25) is 9.69 Å². The number of furan rings is 1. The van der Waals surface area contributed by atoms with E-state index in [-0.39, 0.29) is 12.4 Å². The Morgan fingerprint density at radius 2 is 2.05 bits per heavy atom. The lowest BCUT2D eigenvalue weighted by Gasteiger charge is -2.17. The van der Waals surface area contributed by atoms with E-state index in [2.05, 4.69) is 0 Å². The first-order chi connectivity index (χ1) is 10.1. The Balaban J connectivity index is 2.12. The minimum absolute atomic E-state index is 0.0381. The van der Waals surface area contributed by atoms with Crippen LogP contribution in [0.5, 0.6) is 0 Å². The standard InChI is InChI=1S/C16H18FNO3/c1-2-9-18(11-16(19)20)10-12-7-8-15(21-12)13-5-3-4-6-14(13)17/h3-8H,2,9-11H2,1H3,(H,19,20). The first-order valence-corrected chi connectivity index (χ1v) is 6.88. The van der Waals surface area contributed by atoms with Crippen LogP contribution >= 0.6 is 0 Å². The zero-order valence-corrected chi connectivity index (χ0v) is 11.9. The lowest BCUT2D eigenvalue weighted by Crippen LogP contribution is -2.29. The van der Waals surface area contributed by atoms with Crippen molar-refractivity contribution in [3.05, 3.63) is 48.0 Å². The summed E-state index contributed by atoms with van der Waals surface area (Å²) in [4.78, 5) is 12.6. The lowest BCUT2D eigenvalue weighted by atomic mass is 10.1. The summed E-state index contributed by atoms with van der Waals surface area (Å²) in [5, 5.41) is 8.89. The molecule has 112 valence electrons. The highest BCUT2D eigenvalue weighted by Crippen LogP contribution is 2.25. The number of carboxylic acids is 1. The molecule has 0 unspecified atom stereocenters. The summed E-state index contributed by atoms with van der Waals surface area (Å²) in [5.41, 5.74) is 0.407. The van der Waals surface area contributed by atoms with Crippen LogP contribution in [0.15, 0.2) is 40.8 Å². The van der Waals surface area contributed by atoms with Crippen LogP contribution in [0.3, 0.4) is 0 Å². The van der Waals surface area contributed by atoms with Gasteiger partial charge in [0.2, 0.25) is 0 Å². The van der Waals surface area contributed by atoms with Crippen LogP contribution in [0.25, 0.3) is 11.3 Å². The molecule has 0 radical (unpaired) electrons. The van der Waals surface area contributed by atoms with Gasteiger partial charge < -0.3 is 9.52 Å². The van der Waals surface area contributed by atoms with Crippen molar-refractivity contribution in [3.8, 4) is 11.3 Å². The minimum atomic E-state index is -0.871. The largest absolute Gasteiger partial charge is 0.480 e. The van der Waals surface area contributed by atoms with Crippen LogP contribution in [0.4, 0.5) is 4.39 Å². The molecule has 0 fully saturated rings. The highest BCUT2D eigenvalue weighted by atomic mass is 19.1. The van der Waals surface area contributed by atoms with Crippen LogP contribution in [0.1, 0.15) is 19.1 Å². The van der Waals surface area contributed by atoms with Crippen LogP contribution in [0.2, 0.25) is 0 Å². The molecule has 2 aromatic rings. The Morgan fingerprint density at radius 1 is 1.29 bits per heavy atom. The van der Waals surface area contributed by atoms with Gasteiger partial charge in [0.1, 0.15) is 17.3 Å². The van der Waals surface area contributed by atoms with E-state index in [1.807, 2.05) is 6.92 Å². The molecule has 0 aliphatic heterocycles. The number of carboxylic acid groups (broad SMARTS) is 1. The third kappa shape index (κ3) is 4.16. The first kappa shape index (κ1) is 15.3. The number of carbonyl (C=O) groups is 1. The van der Waals surface area contributed by atoms with E-state index in [9.17, 15) is 9.18 Å². The summed E-state index contributed by atoms with van der Waals surface area (Å²) in [6.45, 7) is 3.02. The van der Waals surface area contributed by atoms with Crippen LogP contribution in [-0.2, 0) is 11.3 Å². The topological polar surface area (TPSA) is 53.7 Å². The van der Waals surface area contributed by atoms with Crippen molar-refractivity contribution in [2.24, 2.45) is 0 Å². The highest BCUT2D eigenvalue weighted by Gasteiger charge is 2.13. The molecule has 4 nitrogen and oxygen atoms in total. The maximum absolute atomic E-state index is 13.7. The molecule has 0 aliphatic rings. The van der Waals surface area contributed by atoms with Gasteiger partial charge in [0.15, 0.2) is 0 Å². The Kier molecular flexibility index (Phi) is 5.11. The molecule has 0 aliphatic carbocycles. The molecule has 21 heavy (non-hydrogen) atoms. The summed E-state index contributed by atoms with van der Waals surface area (Å²) >= 11 is 0. The molecule has 0 saturated heterocycles. The summed E-state index contributed by atoms with van der Waals surface area (Å²) in [7, 11) is 0. The molecule has 1 heterocycles. The second-order valence-corrected chi connectivity index (χ2v) is 4.85. The molecular formula is C16H18FNO3. The van der Waals surface area contributed by atoms with Gasteiger partial charge in [0.25, 0.3) is 0 Å². The van der Waals surface area contributed by atoms with E-state index in [1.165, 1.54) is 6.07 Å². The predicted octanol–water partition coefficient (Wildman–Crippen LogP) is 3.38. The zero-order chi connectivity index (χ0) is 15.2. The molecule has 2 rings (SSSR count). The van der Waals surface area contributed by atoms with Crippen LogP contribution < -0.4 is 0 Å². The molecule has 0 atom stereocenters. The summed E-state index contributed by atoms with van der Waals surface area (Å²) < 4.78 is 19.3. The van der Waals surface area contributed by atoms with Crippen molar-refractivity contribution in [3.63, 3.8) is 0 Å². The van der Waals surface area contributed by atoms with Gasteiger partial charge in [-0.15, -0.1) is 0 Å². The molecule has 0 spiro atoms. The zero-order valence-electron chi connectivity index (χ0n) is 11.9. The Bertz CT molecular complexity index is 609. The number of aliphatic carboxylic acids is 1. The SMILES string of the molecule is CCCN(CC(=O)O)Cc1ccc(-c2ccccc2F)o1. The maximum Gasteiger partial charge on any atom is 0.317 e. The van der Waals surface area contributed by atoms with E-state index in [4.69, 9.17) is 9.52 Å². The Hall–Kier alpha value is -2.14. The number of rotatable bonds is 7. The normalized spacial score (nSPS) is 11.0. The van der Waals surface area contributed by atoms with Crippen LogP contribution in [0, 0.1) is 5.82 Å². The number of nitrogens with zero attached hydrogens (tertiary/aromatic N) is 1. The molecule has 1 aromatic heterocycles. The van der Waals surface area contributed by atoms with Gasteiger partial charge in [-0.1, -0.05) is 19.1 Å². The fraction of sp³-hybridized carbons (Fsp3) is 0.312. The van der Waals surface area contributed by atoms with E-state index >= 15 is 0 Å². The van der Waals surface area contributed by atoms with Gasteiger partial charge in [0.05, 0.1) is 18.7 Å². The lowest BCUT2D eigenvalue weighted by molar-refractivity contribution is -0.138. The summed E-state index contributed by atoms with van der Waals surface area (Å²) in [6, 6.07) is 9.86. The van der Waals surface area contributed by atoms with E-state index < -0.39 is 5.97 Å². The van der Waals surface area contributed by atoms with E-state index in [0.717, 1.165) is 6.42 Å². The van der Waals surface area contributed by atoms with Crippen molar-refractivity contribution in [1.82, 2.24) is 4.90 Å². The summed E-state index contributed by atoms with van der Waals surface area (Å²) in [5.74, 6) is -0.128. The predicted molar refractivity (Wildman–Crippen MR) is 77.3 cm³/mol. The van der Waals surface area contributed by atoms with Crippen molar-refractivity contribution < 1.29 is 18.7 Å². The Morgan fingerprint density at radius 3 is 2.71 bits per heavy atom. The third-order valence-corrected chi connectivity index (χ3v) is 3.08. The number of hydrogen-bond donors (Lipinski definition) is 1. The second kappa shape index (κ2) is 7.04. The molecule has 1 N–H and O–H groups in total. The van der Waals surface area contributed by atoms with Gasteiger partial charge >= 0.3 is 5.97 Å². The maximum atomic E-state index is 13.7. The van der Waals surface area contributed by atoms with E-state index in [0.29, 0.717) is 30.2 Å². The van der Waals surface area contributed by atoms with Gasteiger partial charge in [-0.25, -0.2) is 4.39 Å². The average molecular weight is 291 g/mol. The molecule has 0 bridgehead atoms. The third-order valence-electron chi connectivity index (χ3n) is 3.08. The quantitative estimate of drug-likeness (QED) is 0.849. The van der Waals surface area contributed by atoms with Gasteiger partial charge in [0, 0.05) is 0 Å². The fourth-order valence-corrected chi connectivity index (χ4v) is 2.21. The minimum Gasteiger partial charge on any atom is -0.480 e. The smallest absolute Gasteiger partial charge is 0.317 e. The Labute approximate surface area is 122 Å². The van der Waals surface area contributed by atoms with Crippen molar-refractivity contribution in [2.75, 3.05) is 13.1 Å². The van der Waals surface area contributed by atoms with E-state index in [1.54, 1.807) is 35.2 Å². The number of hydrogen-bond acceptors (Lipinski definition) is 3. The average Bonchev–Trinajstić information content (AvgIpc) is 2.87. The first-order valence-electron chi connectivity index (χ1n) is 6.88. The molecule has 1 aromatic carbocycles. The van der Waals surface area contributed by atoms with Crippen molar-refractivity contribution >= 4 is 5.97 Å². The van der Waals surface area contributed by atoms with Gasteiger partial charge in [-0.05, 0) is 37.2 Å². The number of benzene rings is 1. The van der Waals surface area contributed by atoms with Gasteiger partial charge in [-0.2, -0.15) is 0 Å². The summed E-state index contributed by atoms with van der Waals surface area (Å²) in [6.07, 6.45) is 0.855. The van der Waals surface area contributed by atoms with Crippen molar-refractivity contribution in [2.45, 2.75) is 19.9 Å². The highest BCUT2D eigenvalue weighted by molar-refractivity contribution is 5.69.